The first kappa shape index (κ1) is 19.5. The van der Waals surface area contributed by atoms with Crippen LogP contribution in [0.2, 0.25) is 0 Å². The Balaban J connectivity index is 1.51. The van der Waals surface area contributed by atoms with Crippen LogP contribution in [-0.2, 0) is 19.4 Å². The van der Waals surface area contributed by atoms with E-state index in [-0.39, 0.29) is 11.0 Å². The van der Waals surface area contributed by atoms with Gasteiger partial charge in [0.05, 0.1) is 12.7 Å². The molecule has 1 aromatic carbocycles. The minimum atomic E-state index is -0.204. The van der Waals surface area contributed by atoms with Crippen LogP contribution in [-0.4, -0.2) is 38.0 Å². The van der Waals surface area contributed by atoms with Gasteiger partial charge < -0.3 is 14.8 Å². The molecule has 1 aliphatic carbocycles. The number of ether oxygens (including phenoxy) is 1. The number of hydrogen-bond donors (Lipinski definition) is 2. The van der Waals surface area contributed by atoms with Crippen LogP contribution in [0.1, 0.15) is 37.1 Å². The molecule has 2 aliphatic rings. The Hall–Kier alpha value is -3.42. The molecule has 3 heterocycles. The van der Waals surface area contributed by atoms with Crippen LogP contribution in [0.4, 0.5) is 5.82 Å². The average molecular weight is 419 g/mol. The monoisotopic (exact) mass is 418 g/mol. The van der Waals surface area contributed by atoms with Gasteiger partial charge in [0, 0.05) is 35.1 Å². The summed E-state index contributed by atoms with van der Waals surface area (Å²) in [7, 11) is 0. The standard InChI is InChI=1S/C23H26N6O2/c1-23(2)6-5-19-18(10-23)21(27-14-26-19)28-7-8-31-20-4-3-15(9-16(20)12-28)17-11-25-22(24)29(30)13-17/h3-4,9,11,13-14,24,30H,5-8,10,12H2,1-2H3. The predicted octanol–water partition coefficient (Wildman–Crippen LogP) is 2.97. The van der Waals surface area contributed by atoms with Crippen molar-refractivity contribution in [2.24, 2.45) is 5.41 Å². The van der Waals surface area contributed by atoms with Crippen molar-refractivity contribution in [2.75, 3.05) is 18.1 Å². The van der Waals surface area contributed by atoms with Crippen LogP contribution in [0.5, 0.6) is 5.75 Å². The van der Waals surface area contributed by atoms with Gasteiger partial charge in [-0.3, -0.25) is 5.41 Å². The number of aryl methyl sites for hydroxylation is 1. The SMILES string of the molecule is CC1(C)CCc2ncnc(N3CCOc4ccc(-c5cnc(=N)n(O)c5)cc4C3)c2C1. The van der Waals surface area contributed by atoms with Gasteiger partial charge >= 0.3 is 0 Å². The lowest BCUT2D eigenvalue weighted by atomic mass is 9.76. The quantitative estimate of drug-likeness (QED) is 0.621. The third-order valence-electron chi connectivity index (χ3n) is 6.18. The Labute approximate surface area is 180 Å². The number of hydrogen-bond acceptors (Lipinski definition) is 7. The molecule has 2 aromatic heterocycles. The van der Waals surface area contributed by atoms with Crippen molar-refractivity contribution in [3.63, 3.8) is 0 Å². The molecule has 31 heavy (non-hydrogen) atoms. The molecular weight excluding hydrogens is 392 g/mol. The molecule has 0 unspecified atom stereocenters. The van der Waals surface area contributed by atoms with E-state index in [2.05, 4.69) is 39.8 Å². The Morgan fingerprint density at radius 3 is 2.87 bits per heavy atom. The Bertz CT molecular complexity index is 1200. The minimum absolute atomic E-state index is 0.204. The molecule has 5 rings (SSSR count). The van der Waals surface area contributed by atoms with Crippen LogP contribution in [0, 0.1) is 10.8 Å². The number of nitrogens with one attached hydrogen (secondary N) is 1. The van der Waals surface area contributed by atoms with Crippen molar-refractivity contribution in [2.45, 2.75) is 39.7 Å². The van der Waals surface area contributed by atoms with E-state index in [1.165, 1.54) is 11.8 Å². The number of anilines is 1. The Kier molecular flexibility index (Phi) is 4.64. The van der Waals surface area contributed by atoms with Gasteiger partial charge in [-0.2, -0.15) is 4.73 Å². The molecule has 1 aliphatic heterocycles. The molecule has 0 amide bonds. The molecular formula is C23H26N6O2. The van der Waals surface area contributed by atoms with E-state index in [4.69, 9.17) is 10.1 Å². The van der Waals surface area contributed by atoms with Crippen LogP contribution < -0.4 is 15.3 Å². The number of nitrogens with zero attached hydrogens (tertiary/aromatic N) is 5. The van der Waals surface area contributed by atoms with Gasteiger partial charge in [0.2, 0.25) is 0 Å². The first-order valence-corrected chi connectivity index (χ1v) is 10.6. The van der Waals surface area contributed by atoms with Gasteiger partial charge in [0.25, 0.3) is 5.62 Å². The van der Waals surface area contributed by atoms with Crippen molar-refractivity contribution >= 4 is 5.82 Å². The Morgan fingerprint density at radius 1 is 1.16 bits per heavy atom. The van der Waals surface area contributed by atoms with Crippen LogP contribution in [0.15, 0.2) is 36.9 Å². The number of aromatic nitrogens is 4. The van der Waals surface area contributed by atoms with Crippen molar-refractivity contribution < 1.29 is 9.94 Å². The molecule has 3 aromatic rings. The second-order valence-electron chi connectivity index (χ2n) is 9.07. The maximum Gasteiger partial charge on any atom is 0.255 e. The highest BCUT2D eigenvalue weighted by Gasteiger charge is 2.30. The summed E-state index contributed by atoms with van der Waals surface area (Å²) in [5.74, 6) is 1.87. The van der Waals surface area contributed by atoms with Crippen molar-refractivity contribution in [1.82, 2.24) is 19.7 Å². The topological polar surface area (TPSA) is 100 Å². The first-order valence-electron chi connectivity index (χ1n) is 10.6. The second kappa shape index (κ2) is 7.37. The lowest BCUT2D eigenvalue weighted by Crippen LogP contribution is -2.31. The fraction of sp³-hybridized carbons (Fsp3) is 0.391. The van der Waals surface area contributed by atoms with Gasteiger partial charge in [-0.05, 0) is 42.4 Å². The summed E-state index contributed by atoms with van der Waals surface area (Å²) in [6, 6.07) is 5.97. The first-order chi connectivity index (χ1) is 14.9. The zero-order valence-corrected chi connectivity index (χ0v) is 17.8. The summed E-state index contributed by atoms with van der Waals surface area (Å²) in [6.45, 7) is 6.63. The highest BCUT2D eigenvalue weighted by Crippen LogP contribution is 2.38. The summed E-state index contributed by atoms with van der Waals surface area (Å²) >= 11 is 0. The fourth-order valence-electron chi connectivity index (χ4n) is 4.45. The van der Waals surface area contributed by atoms with Crippen LogP contribution in [0.25, 0.3) is 11.1 Å². The molecule has 0 bridgehead atoms. The van der Waals surface area contributed by atoms with Gasteiger partial charge in [-0.1, -0.05) is 19.9 Å². The molecule has 0 saturated heterocycles. The third-order valence-corrected chi connectivity index (χ3v) is 6.18. The smallest absolute Gasteiger partial charge is 0.255 e. The summed E-state index contributed by atoms with van der Waals surface area (Å²) in [5.41, 5.74) is 5.16. The van der Waals surface area contributed by atoms with Gasteiger partial charge in [-0.25, -0.2) is 15.0 Å². The largest absolute Gasteiger partial charge is 0.491 e. The summed E-state index contributed by atoms with van der Waals surface area (Å²) in [6.07, 6.45) is 7.88. The number of rotatable bonds is 2. The number of fused-ring (bicyclic) bond motifs is 2. The normalized spacial score (nSPS) is 17.3. The van der Waals surface area contributed by atoms with E-state index < -0.39 is 0 Å². The summed E-state index contributed by atoms with van der Waals surface area (Å²) < 4.78 is 6.75. The molecule has 8 nitrogen and oxygen atoms in total. The molecule has 0 atom stereocenters. The molecule has 0 spiro atoms. The lowest BCUT2D eigenvalue weighted by molar-refractivity contribution is 0.165. The zero-order valence-electron chi connectivity index (χ0n) is 17.8. The molecule has 0 radical (unpaired) electrons. The van der Waals surface area contributed by atoms with Crippen LogP contribution >= 0.6 is 0 Å². The summed E-state index contributed by atoms with van der Waals surface area (Å²) in [4.78, 5) is 15.5. The lowest BCUT2D eigenvalue weighted by Gasteiger charge is -2.33. The van der Waals surface area contributed by atoms with E-state index in [1.807, 2.05) is 12.1 Å². The van der Waals surface area contributed by atoms with Gasteiger partial charge in [-0.15, -0.1) is 0 Å². The maximum absolute atomic E-state index is 9.81. The van der Waals surface area contributed by atoms with E-state index in [1.54, 1.807) is 12.5 Å². The Morgan fingerprint density at radius 2 is 2.03 bits per heavy atom. The average Bonchev–Trinajstić information content (AvgIpc) is 2.96. The molecule has 0 saturated carbocycles. The molecule has 0 fully saturated rings. The highest BCUT2D eigenvalue weighted by molar-refractivity contribution is 5.65. The summed E-state index contributed by atoms with van der Waals surface area (Å²) in [5, 5.41) is 17.4. The van der Waals surface area contributed by atoms with Crippen LogP contribution in [0.3, 0.4) is 0 Å². The molecule has 160 valence electrons. The van der Waals surface area contributed by atoms with E-state index >= 15 is 0 Å². The predicted molar refractivity (Wildman–Crippen MR) is 115 cm³/mol. The van der Waals surface area contributed by atoms with Gasteiger partial charge in [0.1, 0.15) is 24.5 Å². The van der Waals surface area contributed by atoms with Gasteiger partial charge in [0.15, 0.2) is 0 Å². The fourth-order valence-corrected chi connectivity index (χ4v) is 4.45. The van der Waals surface area contributed by atoms with Crippen molar-refractivity contribution in [3.05, 3.63) is 59.4 Å². The molecule has 8 heteroatoms. The van der Waals surface area contributed by atoms with E-state index in [9.17, 15) is 5.21 Å². The molecule has 2 N–H and O–H groups in total. The van der Waals surface area contributed by atoms with E-state index in [0.29, 0.717) is 13.2 Å². The zero-order chi connectivity index (χ0) is 21.6. The third kappa shape index (κ3) is 3.73. The van der Waals surface area contributed by atoms with Crippen molar-refractivity contribution in [3.8, 4) is 16.9 Å². The minimum Gasteiger partial charge on any atom is -0.491 e. The number of benzene rings is 1. The maximum atomic E-state index is 9.81. The second-order valence-corrected chi connectivity index (χ2v) is 9.07. The highest BCUT2D eigenvalue weighted by atomic mass is 16.5. The van der Waals surface area contributed by atoms with E-state index in [0.717, 1.165) is 64.5 Å². The van der Waals surface area contributed by atoms with Crippen molar-refractivity contribution in [1.29, 1.82) is 5.41 Å².